The molecule has 3 N–H and O–H groups in total. The van der Waals surface area contributed by atoms with Gasteiger partial charge in [-0.15, -0.1) is 0 Å². The van der Waals surface area contributed by atoms with E-state index in [2.05, 4.69) is 10.6 Å². The molecule has 0 saturated heterocycles. The van der Waals surface area contributed by atoms with Gasteiger partial charge in [-0.25, -0.2) is 4.79 Å². The first kappa shape index (κ1) is 24.5. The molecule has 1 saturated carbocycles. The van der Waals surface area contributed by atoms with Crippen LogP contribution in [0.15, 0.2) is 24.3 Å². The third-order valence-electron chi connectivity index (χ3n) is 4.88. The van der Waals surface area contributed by atoms with Crippen LogP contribution in [-0.2, 0) is 14.3 Å². The van der Waals surface area contributed by atoms with Gasteiger partial charge in [0.25, 0.3) is 0 Å². The second kappa shape index (κ2) is 10.5. The summed E-state index contributed by atoms with van der Waals surface area (Å²) in [6, 6.07) is 5.36. The average molecular weight is 434 g/mol. The van der Waals surface area contributed by atoms with Crippen LogP contribution in [0.5, 0.6) is 5.75 Å². The summed E-state index contributed by atoms with van der Waals surface area (Å²) in [4.78, 5) is 39.9. The van der Waals surface area contributed by atoms with E-state index in [0.29, 0.717) is 5.56 Å². The molecule has 0 bridgehead atoms. The van der Waals surface area contributed by atoms with Crippen molar-refractivity contribution in [1.82, 2.24) is 15.5 Å². The molecule has 0 aromatic heterocycles. The van der Waals surface area contributed by atoms with Crippen molar-refractivity contribution >= 4 is 17.9 Å². The molecule has 3 amide bonds. The van der Waals surface area contributed by atoms with Crippen LogP contribution < -0.4 is 10.6 Å². The van der Waals surface area contributed by atoms with Crippen molar-refractivity contribution in [2.45, 2.75) is 84.0 Å². The number of nitrogens with zero attached hydrogens (tertiary/aromatic N) is 1. The van der Waals surface area contributed by atoms with Gasteiger partial charge in [0.2, 0.25) is 11.8 Å². The molecule has 0 radical (unpaired) electrons. The highest BCUT2D eigenvalue weighted by Crippen LogP contribution is 2.37. The van der Waals surface area contributed by atoms with E-state index in [0.717, 1.165) is 25.7 Å². The van der Waals surface area contributed by atoms with E-state index in [1.54, 1.807) is 39.0 Å². The Labute approximate surface area is 184 Å². The van der Waals surface area contributed by atoms with Crippen LogP contribution in [0.2, 0.25) is 0 Å². The van der Waals surface area contributed by atoms with Crippen LogP contribution in [0.4, 0.5) is 4.79 Å². The number of para-hydroxylation sites is 1. The Morgan fingerprint density at radius 2 is 1.87 bits per heavy atom. The number of alkyl carbamates (subject to hydrolysis) is 1. The number of aromatic hydroxyl groups is 1. The second-order valence-corrected chi connectivity index (χ2v) is 9.05. The Morgan fingerprint density at radius 3 is 2.42 bits per heavy atom. The Morgan fingerprint density at radius 1 is 1.23 bits per heavy atom. The molecular weight excluding hydrogens is 398 g/mol. The lowest BCUT2D eigenvalue weighted by molar-refractivity contribution is -0.141. The van der Waals surface area contributed by atoms with E-state index in [-0.39, 0.29) is 30.3 Å². The van der Waals surface area contributed by atoms with Crippen molar-refractivity contribution in [2.75, 3.05) is 6.54 Å². The molecule has 1 aromatic carbocycles. The third kappa shape index (κ3) is 7.45. The van der Waals surface area contributed by atoms with Gasteiger partial charge in [-0.1, -0.05) is 31.5 Å². The number of carbonyl (C=O) groups excluding carboxylic acids is 3. The van der Waals surface area contributed by atoms with Crippen molar-refractivity contribution in [2.24, 2.45) is 0 Å². The minimum atomic E-state index is -0.985. The fourth-order valence-electron chi connectivity index (χ4n) is 3.43. The lowest BCUT2D eigenvalue weighted by atomic mass is 10.0. The summed E-state index contributed by atoms with van der Waals surface area (Å²) in [6.45, 7) is 8.86. The van der Waals surface area contributed by atoms with Gasteiger partial charge in [0.05, 0.1) is 0 Å². The zero-order chi connectivity index (χ0) is 23.2. The van der Waals surface area contributed by atoms with Gasteiger partial charge in [-0.2, -0.15) is 0 Å². The largest absolute Gasteiger partial charge is 0.508 e. The quantitative estimate of drug-likeness (QED) is 0.554. The van der Waals surface area contributed by atoms with Crippen molar-refractivity contribution in [3.63, 3.8) is 0 Å². The average Bonchev–Trinajstić information content (AvgIpc) is 3.48. The number of phenolic OH excluding ortho intramolecular Hbond substituents is 1. The highest BCUT2D eigenvalue weighted by molar-refractivity contribution is 5.91. The van der Waals surface area contributed by atoms with Gasteiger partial charge in [-0.3, -0.25) is 9.59 Å². The summed E-state index contributed by atoms with van der Waals surface area (Å²) in [6.07, 6.45) is 2.54. The monoisotopic (exact) mass is 433 g/mol. The number of amides is 3. The van der Waals surface area contributed by atoms with Crippen LogP contribution >= 0.6 is 0 Å². The van der Waals surface area contributed by atoms with Crippen molar-refractivity contribution in [3.05, 3.63) is 29.8 Å². The van der Waals surface area contributed by atoms with E-state index >= 15 is 0 Å². The summed E-state index contributed by atoms with van der Waals surface area (Å²) >= 11 is 0. The van der Waals surface area contributed by atoms with Crippen molar-refractivity contribution in [3.8, 4) is 5.75 Å². The smallest absolute Gasteiger partial charge is 0.408 e. The fraction of sp³-hybridized carbons (Fsp3) is 0.609. The van der Waals surface area contributed by atoms with E-state index < -0.39 is 23.6 Å². The fourth-order valence-corrected chi connectivity index (χ4v) is 3.43. The minimum Gasteiger partial charge on any atom is -0.508 e. The van der Waals surface area contributed by atoms with Gasteiger partial charge in [0, 0.05) is 17.6 Å². The van der Waals surface area contributed by atoms with E-state index in [1.807, 2.05) is 13.8 Å². The third-order valence-corrected chi connectivity index (χ3v) is 4.88. The Balaban J connectivity index is 2.25. The van der Waals surface area contributed by atoms with Gasteiger partial charge >= 0.3 is 6.09 Å². The Hall–Kier alpha value is -2.77. The predicted molar refractivity (Wildman–Crippen MR) is 117 cm³/mol. The Kier molecular flexibility index (Phi) is 8.30. The summed E-state index contributed by atoms with van der Waals surface area (Å²) in [5.41, 5.74) is -0.321. The zero-order valence-electron chi connectivity index (χ0n) is 19.1. The molecule has 0 spiro atoms. The minimum absolute atomic E-state index is 0.0515. The van der Waals surface area contributed by atoms with Crippen LogP contribution in [0.3, 0.4) is 0 Å². The summed E-state index contributed by atoms with van der Waals surface area (Å²) in [5.74, 6) is -0.802. The SMILES string of the molecule is CCCC(C)NC(=O)C(c1ccccc1O)N(C(=O)CNC(=O)OC(C)(C)C)C1CC1. The molecule has 1 aliphatic carbocycles. The lowest BCUT2D eigenvalue weighted by Crippen LogP contribution is -2.50. The maximum absolute atomic E-state index is 13.3. The molecule has 1 fully saturated rings. The zero-order valence-corrected chi connectivity index (χ0v) is 19.1. The van der Waals surface area contributed by atoms with Crippen LogP contribution in [0.25, 0.3) is 0 Å². The molecule has 0 aliphatic heterocycles. The van der Waals surface area contributed by atoms with Crippen LogP contribution in [0, 0.1) is 0 Å². The summed E-state index contributed by atoms with van der Waals surface area (Å²) in [5, 5.41) is 15.9. The number of benzene rings is 1. The molecule has 8 heteroatoms. The highest BCUT2D eigenvalue weighted by atomic mass is 16.6. The highest BCUT2D eigenvalue weighted by Gasteiger charge is 2.42. The number of rotatable bonds is 9. The van der Waals surface area contributed by atoms with Crippen molar-refractivity contribution < 1.29 is 24.2 Å². The van der Waals surface area contributed by atoms with Crippen molar-refractivity contribution in [1.29, 1.82) is 0 Å². The molecule has 2 atom stereocenters. The molecular formula is C23H35N3O5. The van der Waals surface area contributed by atoms with Gasteiger partial charge in [0.1, 0.15) is 23.9 Å². The molecule has 2 rings (SSSR count). The number of hydrogen-bond donors (Lipinski definition) is 3. The molecule has 2 unspecified atom stereocenters. The summed E-state index contributed by atoms with van der Waals surface area (Å²) in [7, 11) is 0. The first-order valence-electron chi connectivity index (χ1n) is 10.9. The van der Waals surface area contributed by atoms with Crippen LogP contribution in [-0.4, -0.2) is 52.1 Å². The number of nitrogens with one attached hydrogen (secondary N) is 2. The number of phenols is 1. The topological polar surface area (TPSA) is 108 Å². The van der Waals surface area contributed by atoms with E-state index in [1.165, 1.54) is 11.0 Å². The molecule has 31 heavy (non-hydrogen) atoms. The van der Waals surface area contributed by atoms with Crippen LogP contribution in [0.1, 0.15) is 71.9 Å². The standard InChI is InChI=1S/C23H35N3O5/c1-6-9-15(2)25-21(29)20(17-10-7-8-11-18(17)27)26(16-12-13-16)19(28)14-24-22(30)31-23(3,4)5/h7-8,10-11,15-16,20,27H,6,9,12-14H2,1-5H3,(H,24,30)(H,25,29). The van der Waals surface area contributed by atoms with E-state index in [4.69, 9.17) is 4.74 Å². The van der Waals surface area contributed by atoms with Gasteiger partial charge < -0.3 is 25.4 Å². The number of carbonyl (C=O) groups is 3. The predicted octanol–water partition coefficient (Wildman–Crippen LogP) is 3.25. The maximum Gasteiger partial charge on any atom is 0.408 e. The first-order chi connectivity index (χ1) is 14.5. The molecule has 0 heterocycles. The normalized spacial score (nSPS) is 15.5. The lowest BCUT2D eigenvalue weighted by Gasteiger charge is -2.33. The Bertz CT molecular complexity index is 786. The van der Waals surface area contributed by atoms with Gasteiger partial charge in [0.15, 0.2) is 0 Å². The molecule has 8 nitrogen and oxygen atoms in total. The molecule has 1 aromatic rings. The summed E-state index contributed by atoms with van der Waals surface area (Å²) < 4.78 is 5.20. The maximum atomic E-state index is 13.3. The molecule has 172 valence electrons. The first-order valence-corrected chi connectivity index (χ1v) is 10.9. The number of hydrogen-bond acceptors (Lipinski definition) is 5. The molecule has 1 aliphatic rings. The van der Waals surface area contributed by atoms with E-state index in [9.17, 15) is 19.5 Å². The number of ether oxygens (including phenoxy) is 1. The second-order valence-electron chi connectivity index (χ2n) is 9.05. The van der Waals surface area contributed by atoms with Gasteiger partial charge in [-0.05, 0) is 53.0 Å².